The van der Waals surface area contributed by atoms with E-state index in [4.69, 9.17) is 15.5 Å². The Hall–Kier alpha value is -3.31. The molecule has 0 unspecified atom stereocenters. The molecule has 2 atom stereocenters. The van der Waals surface area contributed by atoms with Crippen LogP contribution < -0.4 is 11.1 Å². The highest BCUT2D eigenvalue weighted by Gasteiger charge is 2.43. The van der Waals surface area contributed by atoms with Crippen molar-refractivity contribution in [1.29, 1.82) is 0 Å². The molecule has 0 bridgehead atoms. The molecular weight excluding hydrogens is 461 g/mol. The number of hydrogen-bond acceptors (Lipinski definition) is 8. The van der Waals surface area contributed by atoms with Crippen LogP contribution in [0.1, 0.15) is 39.1 Å². The molecule has 0 aliphatic carbocycles. The van der Waals surface area contributed by atoms with Crippen LogP contribution in [-0.2, 0) is 4.74 Å². The number of fused-ring (bicyclic) bond motifs is 2. The van der Waals surface area contributed by atoms with E-state index in [-0.39, 0.29) is 17.6 Å². The monoisotopic (exact) mass is 493 g/mol. The van der Waals surface area contributed by atoms with Crippen LogP contribution in [0.2, 0.25) is 0 Å². The lowest BCUT2D eigenvalue weighted by molar-refractivity contribution is -0.142. The summed E-state index contributed by atoms with van der Waals surface area (Å²) >= 11 is 0. The number of nitrogens with zero attached hydrogens (tertiary/aromatic N) is 7. The van der Waals surface area contributed by atoms with Gasteiger partial charge in [0, 0.05) is 30.9 Å². The third-order valence-electron chi connectivity index (χ3n) is 7.49. The zero-order valence-corrected chi connectivity index (χ0v) is 21.1. The van der Waals surface area contributed by atoms with Crippen molar-refractivity contribution in [2.24, 2.45) is 0 Å². The lowest BCUT2D eigenvalue weighted by Gasteiger charge is -2.50. The molecule has 2 aliphatic rings. The first-order valence-corrected chi connectivity index (χ1v) is 12.5. The highest BCUT2D eigenvalue weighted by Crippen LogP contribution is 2.32. The van der Waals surface area contributed by atoms with E-state index in [1.54, 1.807) is 4.52 Å². The summed E-state index contributed by atoms with van der Waals surface area (Å²) in [4.78, 5) is 16.2. The van der Waals surface area contributed by atoms with Crippen molar-refractivity contribution in [3.63, 3.8) is 0 Å². The van der Waals surface area contributed by atoms with Crippen molar-refractivity contribution in [3.8, 4) is 11.3 Å². The average molecular weight is 494 g/mol. The molecule has 11 heteroatoms. The Morgan fingerprint density at radius 1 is 1.19 bits per heavy atom. The molecule has 190 valence electrons. The van der Waals surface area contributed by atoms with E-state index >= 15 is 4.39 Å². The van der Waals surface area contributed by atoms with Crippen molar-refractivity contribution in [1.82, 2.24) is 34.0 Å². The molecule has 4 aromatic rings. The minimum atomic E-state index is -1.04. The molecular formula is C25H32FN9O. The van der Waals surface area contributed by atoms with Crippen LogP contribution in [0.4, 0.5) is 16.2 Å². The highest BCUT2D eigenvalue weighted by atomic mass is 19.1. The van der Waals surface area contributed by atoms with Gasteiger partial charge in [0.1, 0.15) is 23.0 Å². The maximum atomic E-state index is 15.1. The summed E-state index contributed by atoms with van der Waals surface area (Å²) in [6, 6.07) is 5.71. The molecule has 2 aliphatic heterocycles. The number of rotatable bonds is 5. The summed E-state index contributed by atoms with van der Waals surface area (Å²) in [5, 5.41) is 7.77. The molecule has 36 heavy (non-hydrogen) atoms. The number of nitrogen functional groups attached to an aromatic ring is 1. The number of anilines is 2. The zero-order valence-electron chi connectivity index (χ0n) is 21.1. The first-order valence-electron chi connectivity index (χ1n) is 12.5. The van der Waals surface area contributed by atoms with Crippen LogP contribution in [0.5, 0.6) is 0 Å². The summed E-state index contributed by atoms with van der Waals surface area (Å²) in [5.74, 6) is 1.56. The molecule has 0 radical (unpaired) electrons. The molecule has 0 saturated carbocycles. The summed E-state index contributed by atoms with van der Waals surface area (Å²) < 4.78 is 24.2. The van der Waals surface area contributed by atoms with E-state index < -0.39 is 6.17 Å². The highest BCUT2D eigenvalue weighted by molar-refractivity contribution is 5.88. The van der Waals surface area contributed by atoms with Crippen LogP contribution >= 0.6 is 0 Å². The van der Waals surface area contributed by atoms with Gasteiger partial charge in [-0.05, 0) is 52.3 Å². The van der Waals surface area contributed by atoms with E-state index in [2.05, 4.69) is 50.6 Å². The molecule has 3 N–H and O–H groups in total. The SMILES string of the molecule is Cc1nc2ccc(-c3ccn4nc(N[C@@H]5CCN(C6(C)COC6)C[C@@H]5F)nc(N)c34)nc2n1C(C)C. The van der Waals surface area contributed by atoms with Gasteiger partial charge in [0.25, 0.3) is 0 Å². The average Bonchev–Trinajstić information content (AvgIpc) is 3.38. The Morgan fingerprint density at radius 3 is 2.69 bits per heavy atom. The fourth-order valence-electron chi connectivity index (χ4n) is 5.48. The Balaban J connectivity index is 1.27. The second-order valence-electron chi connectivity index (χ2n) is 10.5. The topological polar surface area (TPSA) is 111 Å². The van der Waals surface area contributed by atoms with Gasteiger partial charge < -0.3 is 20.4 Å². The Bertz CT molecular complexity index is 1440. The number of likely N-dealkylation sites (tertiary alicyclic amines) is 1. The summed E-state index contributed by atoms with van der Waals surface area (Å²) in [7, 11) is 0. The van der Waals surface area contributed by atoms with Gasteiger partial charge >= 0.3 is 0 Å². The first-order chi connectivity index (χ1) is 17.2. The number of nitrogens with one attached hydrogen (secondary N) is 1. The van der Waals surface area contributed by atoms with E-state index in [9.17, 15) is 0 Å². The number of alkyl halides is 1. The minimum Gasteiger partial charge on any atom is -0.382 e. The Morgan fingerprint density at radius 2 is 2.00 bits per heavy atom. The molecule has 2 fully saturated rings. The van der Waals surface area contributed by atoms with Gasteiger partial charge in [-0.3, -0.25) is 4.90 Å². The maximum absolute atomic E-state index is 15.1. The molecule has 0 spiro atoms. The smallest absolute Gasteiger partial charge is 0.243 e. The van der Waals surface area contributed by atoms with Crippen LogP contribution in [0.15, 0.2) is 24.4 Å². The largest absolute Gasteiger partial charge is 0.382 e. The minimum absolute atomic E-state index is 0.0562. The van der Waals surface area contributed by atoms with Gasteiger partial charge in [0.05, 0.1) is 30.5 Å². The molecule has 2 saturated heterocycles. The number of nitrogens with two attached hydrogens (primary N) is 1. The van der Waals surface area contributed by atoms with Crippen LogP contribution in [0.3, 0.4) is 0 Å². The Labute approximate surface area is 208 Å². The third kappa shape index (κ3) is 3.68. The third-order valence-corrected chi connectivity index (χ3v) is 7.49. The maximum Gasteiger partial charge on any atom is 0.243 e. The number of hydrogen-bond donors (Lipinski definition) is 2. The molecule has 6 rings (SSSR count). The van der Waals surface area contributed by atoms with Crippen LogP contribution in [0, 0.1) is 6.92 Å². The van der Waals surface area contributed by atoms with E-state index in [1.807, 2.05) is 31.3 Å². The van der Waals surface area contributed by atoms with Crippen LogP contribution in [0.25, 0.3) is 27.9 Å². The lowest BCUT2D eigenvalue weighted by Crippen LogP contribution is -2.64. The standard InChI is InChI=1S/C25H32FN9O/c1-14(2)35-15(3)28-20-6-5-18(29-23(20)35)16-7-10-34-21(16)22(27)31-24(32-34)30-19-8-9-33(11-17(19)26)25(4)12-36-13-25/h5-7,10,14,17,19H,8-9,11-13H2,1-4H3,(H3,27,30,31,32)/t17-,19+/m0/s1. The zero-order chi connectivity index (χ0) is 25.2. The second-order valence-corrected chi connectivity index (χ2v) is 10.5. The number of halogens is 1. The summed E-state index contributed by atoms with van der Waals surface area (Å²) in [6.45, 7) is 10.8. The second kappa shape index (κ2) is 8.38. The summed E-state index contributed by atoms with van der Waals surface area (Å²) in [6.07, 6.45) is 1.45. The quantitative estimate of drug-likeness (QED) is 0.436. The molecule has 4 aromatic heterocycles. The van der Waals surface area contributed by atoms with Crippen molar-refractivity contribution < 1.29 is 9.13 Å². The molecule has 0 amide bonds. The number of pyridine rings is 1. The molecule has 10 nitrogen and oxygen atoms in total. The first kappa shape index (κ1) is 23.1. The predicted molar refractivity (Wildman–Crippen MR) is 137 cm³/mol. The van der Waals surface area contributed by atoms with Crippen molar-refractivity contribution in [2.75, 3.05) is 37.4 Å². The number of ether oxygens (including phenoxy) is 1. The number of piperidine rings is 1. The van der Waals surface area contributed by atoms with Crippen molar-refractivity contribution >= 4 is 28.4 Å². The van der Waals surface area contributed by atoms with E-state index in [0.717, 1.165) is 34.8 Å². The molecule has 0 aromatic carbocycles. The van der Waals surface area contributed by atoms with Crippen molar-refractivity contribution in [3.05, 3.63) is 30.2 Å². The fourth-order valence-corrected chi connectivity index (χ4v) is 5.48. The fraction of sp³-hybridized carbons (Fsp3) is 0.520. The van der Waals surface area contributed by atoms with Crippen molar-refractivity contribution in [2.45, 2.75) is 57.9 Å². The van der Waals surface area contributed by atoms with Gasteiger partial charge in [-0.2, -0.15) is 4.98 Å². The van der Waals surface area contributed by atoms with Gasteiger partial charge in [-0.15, -0.1) is 5.10 Å². The normalized spacial score (nSPS) is 22.4. The summed E-state index contributed by atoms with van der Waals surface area (Å²) in [5.41, 5.74) is 10.3. The predicted octanol–water partition coefficient (Wildman–Crippen LogP) is 3.23. The van der Waals surface area contributed by atoms with E-state index in [0.29, 0.717) is 43.5 Å². The van der Waals surface area contributed by atoms with Gasteiger partial charge in [0.2, 0.25) is 5.95 Å². The number of imidazole rings is 1. The number of aryl methyl sites for hydroxylation is 1. The van der Waals surface area contributed by atoms with Gasteiger partial charge in [-0.25, -0.2) is 18.9 Å². The Kier molecular flexibility index (Phi) is 5.38. The van der Waals surface area contributed by atoms with Gasteiger partial charge in [-0.1, -0.05) is 0 Å². The van der Waals surface area contributed by atoms with Gasteiger partial charge in [0.15, 0.2) is 11.5 Å². The van der Waals surface area contributed by atoms with E-state index in [1.165, 1.54) is 0 Å². The molecule has 6 heterocycles. The van der Waals surface area contributed by atoms with Crippen LogP contribution in [-0.4, -0.2) is 78.1 Å². The number of aromatic nitrogens is 6. The lowest BCUT2D eigenvalue weighted by atomic mass is 9.92.